The van der Waals surface area contributed by atoms with Gasteiger partial charge in [0.05, 0.1) is 6.61 Å². The van der Waals surface area contributed by atoms with Gasteiger partial charge in [0.2, 0.25) is 0 Å². The van der Waals surface area contributed by atoms with E-state index in [0.717, 1.165) is 23.1 Å². The third-order valence-electron chi connectivity index (χ3n) is 2.70. The molecule has 0 aliphatic rings. The van der Waals surface area contributed by atoms with Gasteiger partial charge in [0, 0.05) is 18.0 Å². The summed E-state index contributed by atoms with van der Waals surface area (Å²) < 4.78 is 5.05. The van der Waals surface area contributed by atoms with E-state index in [1.165, 1.54) is 0 Å². The van der Waals surface area contributed by atoms with Gasteiger partial charge in [-0.3, -0.25) is 0 Å². The predicted molar refractivity (Wildman–Crippen MR) is 84.7 cm³/mol. The van der Waals surface area contributed by atoms with Crippen LogP contribution in [0.1, 0.15) is 50.0 Å². The summed E-state index contributed by atoms with van der Waals surface area (Å²) in [6, 6.07) is 0. The Morgan fingerprint density at radius 1 is 1.25 bits per heavy atom. The summed E-state index contributed by atoms with van der Waals surface area (Å²) in [5.41, 5.74) is 0.462. The monoisotopic (exact) mass is 298 g/mol. The number of aryl methyl sites for hydroxylation is 1. The van der Waals surface area contributed by atoms with Gasteiger partial charge in [-0.25, -0.2) is 9.78 Å². The summed E-state index contributed by atoms with van der Waals surface area (Å²) in [5, 5.41) is 0.924. The lowest BCUT2D eigenvalue weighted by Gasteiger charge is -2.25. The zero-order valence-electron chi connectivity index (χ0n) is 13.4. The molecule has 0 unspecified atom stereocenters. The second-order valence-corrected chi connectivity index (χ2v) is 7.00. The largest absolute Gasteiger partial charge is 0.461 e. The van der Waals surface area contributed by atoms with Gasteiger partial charge in [-0.1, -0.05) is 27.7 Å². The first kappa shape index (κ1) is 17.0. The lowest BCUT2D eigenvalue weighted by atomic mass is 10.1. The van der Waals surface area contributed by atoms with E-state index in [4.69, 9.17) is 4.74 Å². The van der Waals surface area contributed by atoms with Crippen molar-refractivity contribution in [3.05, 3.63) is 10.6 Å². The van der Waals surface area contributed by atoms with Gasteiger partial charge in [-0.05, 0) is 25.7 Å². The number of rotatable bonds is 7. The molecule has 0 aromatic carbocycles. The summed E-state index contributed by atoms with van der Waals surface area (Å²) in [7, 11) is 0. The Bertz CT molecular complexity index is 431. The number of carbonyl (C=O) groups excluding carboxylic acids is 1. The Morgan fingerprint density at radius 3 is 2.25 bits per heavy atom. The number of hydrogen-bond donors (Lipinski definition) is 0. The maximum Gasteiger partial charge on any atom is 0.358 e. The first-order chi connectivity index (χ1) is 9.35. The van der Waals surface area contributed by atoms with E-state index >= 15 is 0 Å². The Morgan fingerprint density at radius 2 is 1.80 bits per heavy atom. The van der Waals surface area contributed by atoms with Crippen molar-refractivity contribution in [3.63, 3.8) is 0 Å². The molecular formula is C15H26N2O2S. The second kappa shape index (κ2) is 7.62. The highest BCUT2D eigenvalue weighted by atomic mass is 32.1. The molecule has 5 heteroatoms. The lowest BCUT2D eigenvalue weighted by Crippen LogP contribution is -2.31. The van der Waals surface area contributed by atoms with Crippen molar-refractivity contribution >= 4 is 22.4 Å². The molecule has 0 saturated carbocycles. The molecule has 4 nitrogen and oxygen atoms in total. The van der Waals surface area contributed by atoms with Crippen molar-refractivity contribution in [3.8, 4) is 0 Å². The molecule has 0 aliphatic carbocycles. The first-order valence-electron chi connectivity index (χ1n) is 7.24. The van der Waals surface area contributed by atoms with Crippen molar-refractivity contribution in [2.75, 3.05) is 24.6 Å². The molecule has 0 radical (unpaired) electrons. The van der Waals surface area contributed by atoms with Crippen LogP contribution in [0.15, 0.2) is 0 Å². The molecule has 0 fully saturated rings. The van der Waals surface area contributed by atoms with Crippen LogP contribution in [-0.2, 0) is 4.74 Å². The van der Waals surface area contributed by atoms with Gasteiger partial charge >= 0.3 is 5.97 Å². The highest BCUT2D eigenvalue weighted by molar-refractivity contribution is 7.15. The van der Waals surface area contributed by atoms with E-state index in [9.17, 15) is 4.79 Å². The third-order valence-corrected chi connectivity index (χ3v) is 3.73. The zero-order chi connectivity index (χ0) is 15.3. The molecule has 0 spiro atoms. The first-order valence-corrected chi connectivity index (χ1v) is 8.06. The second-order valence-electron chi connectivity index (χ2n) is 5.81. The van der Waals surface area contributed by atoms with Gasteiger partial charge in [-0.15, -0.1) is 11.3 Å². The van der Waals surface area contributed by atoms with Crippen LogP contribution in [-0.4, -0.2) is 30.6 Å². The number of nitrogens with zero attached hydrogens (tertiary/aromatic N) is 2. The number of esters is 1. The van der Waals surface area contributed by atoms with Crippen molar-refractivity contribution in [2.45, 2.75) is 41.5 Å². The molecule has 114 valence electrons. The molecule has 1 heterocycles. The number of anilines is 1. The van der Waals surface area contributed by atoms with Gasteiger partial charge in [0.1, 0.15) is 0 Å². The highest BCUT2D eigenvalue weighted by Crippen LogP contribution is 2.27. The quantitative estimate of drug-likeness (QED) is 0.719. The number of aromatic nitrogens is 1. The Kier molecular flexibility index (Phi) is 6.46. The van der Waals surface area contributed by atoms with Gasteiger partial charge < -0.3 is 9.64 Å². The third kappa shape index (κ3) is 4.78. The molecule has 0 aliphatic heterocycles. The van der Waals surface area contributed by atoms with Crippen molar-refractivity contribution in [2.24, 2.45) is 11.8 Å². The smallest absolute Gasteiger partial charge is 0.358 e. The van der Waals surface area contributed by atoms with Crippen molar-refractivity contribution in [1.82, 2.24) is 4.98 Å². The number of hydrogen-bond acceptors (Lipinski definition) is 5. The molecule has 1 aromatic heterocycles. The molecule has 0 bridgehead atoms. The molecular weight excluding hydrogens is 272 g/mol. The minimum absolute atomic E-state index is 0.318. The van der Waals surface area contributed by atoms with E-state index in [0.29, 0.717) is 24.1 Å². The Hall–Kier alpha value is -1.10. The number of ether oxygens (including phenoxy) is 1. The molecule has 0 saturated heterocycles. The fraction of sp³-hybridized carbons (Fsp3) is 0.733. The Balaban J connectivity index is 2.96. The molecule has 1 aromatic rings. The number of thiazole rings is 1. The van der Waals surface area contributed by atoms with Crippen molar-refractivity contribution < 1.29 is 9.53 Å². The zero-order valence-corrected chi connectivity index (χ0v) is 14.2. The topological polar surface area (TPSA) is 42.4 Å². The fourth-order valence-corrected chi connectivity index (χ4v) is 2.93. The average molecular weight is 298 g/mol. The summed E-state index contributed by atoms with van der Waals surface area (Å²) in [4.78, 5) is 19.6. The SMILES string of the molecule is CCOC(=O)c1nc(N(CC(C)C)CC(C)C)sc1C. The Labute approximate surface area is 126 Å². The number of carbonyl (C=O) groups is 1. The van der Waals surface area contributed by atoms with Gasteiger partial charge in [-0.2, -0.15) is 0 Å². The van der Waals surface area contributed by atoms with Crippen LogP contribution in [0.2, 0.25) is 0 Å². The molecule has 0 amide bonds. The summed E-state index contributed by atoms with van der Waals surface area (Å²) >= 11 is 1.57. The normalized spacial score (nSPS) is 11.2. The van der Waals surface area contributed by atoms with E-state index < -0.39 is 0 Å². The molecule has 0 N–H and O–H groups in total. The van der Waals surface area contributed by atoms with E-state index in [1.807, 2.05) is 13.8 Å². The highest BCUT2D eigenvalue weighted by Gasteiger charge is 2.20. The van der Waals surface area contributed by atoms with Crippen LogP contribution in [0.5, 0.6) is 0 Å². The van der Waals surface area contributed by atoms with Crippen LogP contribution in [0.3, 0.4) is 0 Å². The van der Waals surface area contributed by atoms with Crippen molar-refractivity contribution in [1.29, 1.82) is 0 Å². The molecule has 1 rings (SSSR count). The van der Waals surface area contributed by atoms with Crippen LogP contribution < -0.4 is 4.90 Å². The average Bonchev–Trinajstić information content (AvgIpc) is 2.69. The van der Waals surface area contributed by atoms with Crippen LogP contribution >= 0.6 is 11.3 Å². The minimum atomic E-state index is -0.318. The standard InChI is InChI=1S/C15H26N2O2S/c1-7-19-14(18)13-12(6)20-15(16-13)17(8-10(2)3)9-11(4)5/h10-11H,7-9H2,1-6H3. The maximum absolute atomic E-state index is 11.8. The lowest BCUT2D eigenvalue weighted by molar-refractivity contribution is 0.0519. The van der Waals surface area contributed by atoms with Crippen LogP contribution in [0.4, 0.5) is 5.13 Å². The van der Waals surface area contributed by atoms with E-state index in [2.05, 4.69) is 37.6 Å². The molecule has 20 heavy (non-hydrogen) atoms. The predicted octanol–water partition coefficient (Wildman–Crippen LogP) is 3.75. The maximum atomic E-state index is 11.8. The van der Waals surface area contributed by atoms with E-state index in [-0.39, 0.29) is 5.97 Å². The van der Waals surface area contributed by atoms with E-state index in [1.54, 1.807) is 11.3 Å². The van der Waals surface area contributed by atoms with Crippen LogP contribution in [0, 0.1) is 18.8 Å². The van der Waals surface area contributed by atoms with Crippen LogP contribution in [0.25, 0.3) is 0 Å². The molecule has 0 atom stereocenters. The van der Waals surface area contributed by atoms with Gasteiger partial charge in [0.15, 0.2) is 10.8 Å². The fourth-order valence-electron chi connectivity index (χ4n) is 2.02. The minimum Gasteiger partial charge on any atom is -0.461 e. The summed E-state index contributed by atoms with van der Waals surface area (Å²) in [5.74, 6) is 0.801. The summed E-state index contributed by atoms with van der Waals surface area (Å²) in [6.07, 6.45) is 0. The summed E-state index contributed by atoms with van der Waals surface area (Å²) in [6.45, 7) is 14.8. The van der Waals surface area contributed by atoms with Gasteiger partial charge in [0.25, 0.3) is 0 Å².